The van der Waals surface area contributed by atoms with Gasteiger partial charge in [0.05, 0.1) is 11.5 Å². The second-order valence-corrected chi connectivity index (χ2v) is 5.29. The molecule has 3 amide bonds. The maximum Gasteiger partial charge on any atom is 0.321 e. The quantitative estimate of drug-likeness (QED) is 0.543. The van der Waals surface area contributed by atoms with Crippen LogP contribution in [0.15, 0.2) is 28.0 Å². The number of nitrogen functional groups attached to an aromatic ring is 1. The average molecular weight is 310 g/mol. The monoisotopic (exact) mass is 310 g/mol. The molecule has 10 heteroatoms. The van der Waals surface area contributed by atoms with Crippen LogP contribution in [0.2, 0.25) is 0 Å². The summed E-state index contributed by atoms with van der Waals surface area (Å²) in [7, 11) is 1.42. The lowest BCUT2D eigenvalue weighted by Gasteiger charge is -2.10. The lowest BCUT2D eigenvalue weighted by atomic mass is 10.4. The molecule has 0 saturated carbocycles. The van der Waals surface area contributed by atoms with Gasteiger partial charge < -0.3 is 15.6 Å². The third kappa shape index (κ3) is 3.34. The van der Waals surface area contributed by atoms with E-state index in [9.17, 15) is 9.59 Å². The molecule has 0 fully saturated rings. The van der Waals surface area contributed by atoms with Crippen LogP contribution in [0.5, 0.6) is 0 Å². The number of hydrogen-bond acceptors (Lipinski definition) is 7. The number of nitrogens with one attached hydrogen (secondary N) is 2. The number of amides is 3. The van der Waals surface area contributed by atoms with Gasteiger partial charge in [0, 0.05) is 7.05 Å². The summed E-state index contributed by atoms with van der Waals surface area (Å²) < 4.78 is 6.42. The normalized spacial score (nSPS) is 11.9. The number of nitrogens with two attached hydrogens (primary N) is 1. The Bertz CT molecular complexity index is 638. The van der Waals surface area contributed by atoms with E-state index in [1.165, 1.54) is 18.0 Å². The van der Waals surface area contributed by atoms with Crippen LogP contribution in [-0.2, 0) is 4.79 Å². The van der Waals surface area contributed by atoms with Gasteiger partial charge in [-0.05, 0) is 19.1 Å². The first kappa shape index (κ1) is 14.9. The molecule has 2 aromatic rings. The van der Waals surface area contributed by atoms with E-state index in [2.05, 4.69) is 20.8 Å². The van der Waals surface area contributed by atoms with Crippen LogP contribution < -0.4 is 16.5 Å². The van der Waals surface area contributed by atoms with Crippen LogP contribution in [0.25, 0.3) is 11.6 Å². The number of rotatable bonds is 4. The summed E-state index contributed by atoms with van der Waals surface area (Å²) in [6, 6.07) is 2.83. The van der Waals surface area contributed by atoms with E-state index in [0.717, 1.165) is 11.8 Å². The number of carbonyl (C=O) groups excluding carboxylic acids is 2. The van der Waals surface area contributed by atoms with Gasteiger partial charge in [0.1, 0.15) is 0 Å². The lowest BCUT2D eigenvalue weighted by molar-refractivity contribution is -0.119. The van der Waals surface area contributed by atoms with E-state index in [1.54, 1.807) is 19.1 Å². The zero-order chi connectivity index (χ0) is 15.4. The Kier molecular flexibility index (Phi) is 4.48. The molecule has 4 N–H and O–H groups in total. The van der Waals surface area contributed by atoms with Crippen molar-refractivity contribution < 1.29 is 14.0 Å². The predicted octanol–water partition coefficient (Wildman–Crippen LogP) is 0.188. The Morgan fingerprint density at radius 1 is 1.48 bits per heavy atom. The van der Waals surface area contributed by atoms with E-state index in [4.69, 9.17) is 10.3 Å². The number of thioether (sulfide) groups is 1. The van der Waals surface area contributed by atoms with Gasteiger partial charge in [0.15, 0.2) is 5.76 Å². The van der Waals surface area contributed by atoms with Crippen molar-refractivity contribution in [3.05, 3.63) is 18.4 Å². The molecular formula is C11H14N6O3S. The highest BCUT2D eigenvalue weighted by molar-refractivity contribution is 8.00. The van der Waals surface area contributed by atoms with Gasteiger partial charge in [-0.25, -0.2) is 9.47 Å². The Morgan fingerprint density at radius 3 is 2.86 bits per heavy atom. The molecule has 1 atom stereocenters. The van der Waals surface area contributed by atoms with E-state index in [0.29, 0.717) is 16.7 Å². The molecule has 0 radical (unpaired) electrons. The molecule has 2 heterocycles. The molecule has 0 aliphatic carbocycles. The minimum Gasteiger partial charge on any atom is -0.461 e. The summed E-state index contributed by atoms with van der Waals surface area (Å²) in [6.07, 6.45) is 1.50. The number of aromatic nitrogens is 3. The molecule has 21 heavy (non-hydrogen) atoms. The van der Waals surface area contributed by atoms with Gasteiger partial charge in [-0.15, -0.1) is 10.2 Å². The van der Waals surface area contributed by atoms with Crippen molar-refractivity contribution in [2.45, 2.75) is 17.3 Å². The second-order valence-electron chi connectivity index (χ2n) is 3.98. The van der Waals surface area contributed by atoms with Crippen molar-refractivity contribution in [1.82, 2.24) is 25.5 Å². The summed E-state index contributed by atoms with van der Waals surface area (Å²) in [4.78, 5) is 22.8. The molecular weight excluding hydrogens is 296 g/mol. The fourth-order valence-electron chi connectivity index (χ4n) is 1.42. The molecule has 0 unspecified atom stereocenters. The number of hydrogen-bond donors (Lipinski definition) is 3. The Labute approximate surface area is 124 Å². The van der Waals surface area contributed by atoms with Gasteiger partial charge in [0.2, 0.25) is 16.9 Å². The van der Waals surface area contributed by atoms with Crippen LogP contribution in [0.3, 0.4) is 0 Å². The number of carbonyl (C=O) groups is 2. The van der Waals surface area contributed by atoms with E-state index in [1.807, 2.05) is 0 Å². The molecule has 0 aromatic carbocycles. The van der Waals surface area contributed by atoms with Crippen molar-refractivity contribution in [3.8, 4) is 11.6 Å². The van der Waals surface area contributed by atoms with Gasteiger partial charge in [0.25, 0.3) is 0 Å². The van der Waals surface area contributed by atoms with Gasteiger partial charge in [-0.2, -0.15) is 0 Å². The van der Waals surface area contributed by atoms with Gasteiger partial charge in [-0.1, -0.05) is 11.8 Å². The molecule has 112 valence electrons. The summed E-state index contributed by atoms with van der Waals surface area (Å²) in [6.45, 7) is 1.63. The van der Waals surface area contributed by atoms with Gasteiger partial charge >= 0.3 is 6.03 Å². The Balaban J connectivity index is 2.07. The highest BCUT2D eigenvalue weighted by Gasteiger charge is 2.21. The van der Waals surface area contributed by atoms with Crippen LogP contribution in [0.4, 0.5) is 4.79 Å². The largest absolute Gasteiger partial charge is 0.461 e. The Hall–Kier alpha value is -2.49. The maximum atomic E-state index is 11.8. The Morgan fingerprint density at radius 2 is 2.24 bits per heavy atom. The molecule has 0 bridgehead atoms. The summed E-state index contributed by atoms with van der Waals surface area (Å²) >= 11 is 1.08. The maximum absolute atomic E-state index is 11.8. The van der Waals surface area contributed by atoms with Crippen LogP contribution >= 0.6 is 11.8 Å². The second kappa shape index (κ2) is 6.31. The van der Waals surface area contributed by atoms with Crippen molar-refractivity contribution in [3.63, 3.8) is 0 Å². The number of imide groups is 1. The fourth-order valence-corrected chi connectivity index (χ4v) is 2.19. The van der Waals surface area contributed by atoms with Gasteiger partial charge in [-0.3, -0.25) is 10.1 Å². The molecule has 0 saturated heterocycles. The first-order chi connectivity index (χ1) is 10.0. The number of nitrogens with zero attached hydrogens (tertiary/aromatic N) is 3. The molecule has 0 aliphatic heterocycles. The van der Waals surface area contributed by atoms with Crippen molar-refractivity contribution in [2.75, 3.05) is 12.9 Å². The van der Waals surface area contributed by atoms with Crippen LogP contribution in [0.1, 0.15) is 6.92 Å². The predicted molar refractivity (Wildman–Crippen MR) is 75.8 cm³/mol. The average Bonchev–Trinajstić information content (AvgIpc) is 3.09. The van der Waals surface area contributed by atoms with Crippen LogP contribution in [0, 0.1) is 0 Å². The zero-order valence-electron chi connectivity index (χ0n) is 11.4. The third-order valence-electron chi connectivity index (χ3n) is 2.52. The zero-order valence-corrected chi connectivity index (χ0v) is 12.2. The smallest absolute Gasteiger partial charge is 0.321 e. The summed E-state index contributed by atoms with van der Waals surface area (Å²) in [5.41, 5.74) is 0. The first-order valence-electron chi connectivity index (χ1n) is 5.96. The van der Waals surface area contributed by atoms with Crippen molar-refractivity contribution in [1.29, 1.82) is 0 Å². The van der Waals surface area contributed by atoms with Crippen LogP contribution in [-0.4, -0.2) is 39.1 Å². The molecule has 0 spiro atoms. The minimum absolute atomic E-state index is 0.334. The summed E-state index contributed by atoms with van der Waals surface area (Å²) in [5.74, 6) is 6.23. The van der Waals surface area contributed by atoms with Crippen molar-refractivity contribution >= 4 is 23.7 Å². The minimum atomic E-state index is -0.571. The van der Waals surface area contributed by atoms with Crippen molar-refractivity contribution in [2.24, 2.45) is 0 Å². The highest BCUT2D eigenvalue weighted by atomic mass is 32.2. The van der Waals surface area contributed by atoms with E-state index >= 15 is 0 Å². The fraction of sp³-hybridized carbons (Fsp3) is 0.273. The number of furan rings is 1. The third-order valence-corrected chi connectivity index (χ3v) is 3.58. The lowest BCUT2D eigenvalue weighted by Crippen LogP contribution is -2.41. The highest BCUT2D eigenvalue weighted by Crippen LogP contribution is 2.24. The molecule has 2 aromatic heterocycles. The summed E-state index contributed by atoms with van der Waals surface area (Å²) in [5, 5.41) is 12.1. The molecule has 9 nitrogen and oxygen atoms in total. The first-order valence-corrected chi connectivity index (χ1v) is 6.84. The van der Waals surface area contributed by atoms with E-state index < -0.39 is 17.2 Å². The number of urea groups is 1. The molecule has 0 aliphatic rings. The topological polar surface area (TPSA) is 128 Å². The SMILES string of the molecule is CNC(=O)NC(=O)[C@H](C)Sc1nnc(-c2ccco2)n1N. The van der Waals surface area contributed by atoms with E-state index in [-0.39, 0.29) is 0 Å². The molecule has 2 rings (SSSR count). The standard InChI is InChI=1S/C11H14N6O3S/c1-6(9(18)14-10(19)13-2)21-11-16-15-8(17(11)12)7-4-3-5-20-7/h3-6H,12H2,1-2H3,(H2,13,14,18,19)/t6-/m0/s1.